The maximum Gasteiger partial charge on any atom is 0.263 e. The lowest BCUT2D eigenvalue weighted by Crippen LogP contribution is -2.52. The number of aliphatic hydroxyl groups is 2. The van der Waals surface area contributed by atoms with Crippen LogP contribution in [-0.2, 0) is 11.2 Å². The fourth-order valence-electron chi connectivity index (χ4n) is 5.77. The van der Waals surface area contributed by atoms with E-state index in [2.05, 4.69) is 4.98 Å². The Morgan fingerprint density at radius 1 is 1.12 bits per heavy atom. The number of alkyl halides is 2. The van der Waals surface area contributed by atoms with E-state index in [1.54, 1.807) is 18.2 Å². The summed E-state index contributed by atoms with van der Waals surface area (Å²) in [5, 5.41) is 24.4. The zero-order valence-electron chi connectivity index (χ0n) is 18.7. The summed E-state index contributed by atoms with van der Waals surface area (Å²) in [5.74, 6) is -0.722. The Hall–Kier alpha value is -2.58. The molecule has 5 nitrogen and oxygen atoms in total. The summed E-state index contributed by atoms with van der Waals surface area (Å²) in [6.45, 7) is 0.451. The zero-order valence-corrected chi connectivity index (χ0v) is 19.5. The number of fused-ring (bicyclic) bond motifs is 3. The van der Waals surface area contributed by atoms with Crippen molar-refractivity contribution in [2.45, 2.75) is 29.6 Å². The summed E-state index contributed by atoms with van der Waals surface area (Å²) < 4.78 is 33.2. The predicted octanol–water partition coefficient (Wildman–Crippen LogP) is 4.48. The first-order valence-electron chi connectivity index (χ1n) is 11.0. The van der Waals surface area contributed by atoms with Gasteiger partial charge in [0, 0.05) is 36.2 Å². The van der Waals surface area contributed by atoms with E-state index in [1.165, 1.54) is 18.3 Å². The number of aliphatic hydroxyl groups excluding tert-OH is 1. The Kier molecular flexibility index (Phi) is 5.64. The summed E-state index contributed by atoms with van der Waals surface area (Å²) in [7, 11) is 3.79. The molecule has 1 aliphatic heterocycles. The molecule has 1 saturated carbocycles. The largest absolute Gasteiger partial charge is 0.476 e. The summed E-state index contributed by atoms with van der Waals surface area (Å²) in [5.41, 5.74) is -2.09. The Balaban J connectivity index is 1.81. The highest BCUT2D eigenvalue weighted by Gasteiger charge is 2.76. The average Bonchev–Trinajstić information content (AvgIpc) is 3.17. The van der Waals surface area contributed by atoms with Gasteiger partial charge < -0.3 is 19.8 Å². The van der Waals surface area contributed by atoms with Gasteiger partial charge in [-0.1, -0.05) is 66.2 Å². The van der Waals surface area contributed by atoms with E-state index >= 15 is 0 Å². The van der Waals surface area contributed by atoms with Crippen molar-refractivity contribution >= 4 is 11.6 Å². The maximum atomic E-state index is 13.3. The van der Waals surface area contributed by atoms with Crippen LogP contribution in [0.15, 0.2) is 66.9 Å². The molecule has 0 bridgehead atoms. The molecule has 0 amide bonds. The SMILES string of the molecule is CN(C)CC1C(O)C2(O)c3ncc(Cl)cc3OC2(c2ccc(C(F)F)cc2)C1c1ccccc1. The van der Waals surface area contributed by atoms with Crippen LogP contribution in [0.5, 0.6) is 5.75 Å². The summed E-state index contributed by atoms with van der Waals surface area (Å²) >= 11 is 6.18. The Bertz CT molecular complexity index is 1190. The van der Waals surface area contributed by atoms with Crippen LogP contribution in [0.25, 0.3) is 0 Å². The van der Waals surface area contributed by atoms with Crippen molar-refractivity contribution in [3.63, 3.8) is 0 Å². The highest BCUT2D eigenvalue weighted by Crippen LogP contribution is 2.68. The van der Waals surface area contributed by atoms with Crippen LogP contribution < -0.4 is 4.74 Å². The van der Waals surface area contributed by atoms with Crippen molar-refractivity contribution in [2.75, 3.05) is 20.6 Å². The molecule has 34 heavy (non-hydrogen) atoms. The van der Waals surface area contributed by atoms with Crippen molar-refractivity contribution < 1.29 is 23.7 Å². The molecule has 0 radical (unpaired) electrons. The second-order valence-corrected chi connectivity index (χ2v) is 9.72. The molecule has 2 N–H and O–H groups in total. The molecule has 1 aliphatic carbocycles. The first kappa shape index (κ1) is 23.2. The van der Waals surface area contributed by atoms with Gasteiger partial charge in [0.05, 0.1) is 11.1 Å². The molecule has 5 unspecified atom stereocenters. The van der Waals surface area contributed by atoms with Crippen LogP contribution >= 0.6 is 11.6 Å². The molecule has 8 heteroatoms. The Labute approximate surface area is 201 Å². The van der Waals surface area contributed by atoms with Crippen LogP contribution in [0.2, 0.25) is 5.02 Å². The summed E-state index contributed by atoms with van der Waals surface area (Å²) in [6.07, 6.45) is -2.49. The number of hydrogen-bond donors (Lipinski definition) is 2. The monoisotopic (exact) mass is 486 g/mol. The van der Waals surface area contributed by atoms with E-state index in [4.69, 9.17) is 16.3 Å². The van der Waals surface area contributed by atoms with Crippen molar-refractivity contribution in [1.82, 2.24) is 9.88 Å². The fourth-order valence-corrected chi connectivity index (χ4v) is 5.92. The van der Waals surface area contributed by atoms with Crippen LogP contribution in [0.3, 0.4) is 0 Å². The summed E-state index contributed by atoms with van der Waals surface area (Å²) in [4.78, 5) is 6.32. The molecule has 1 aromatic heterocycles. The van der Waals surface area contributed by atoms with E-state index in [9.17, 15) is 19.0 Å². The van der Waals surface area contributed by atoms with Crippen LogP contribution in [0.1, 0.15) is 34.7 Å². The number of nitrogens with zero attached hydrogens (tertiary/aromatic N) is 2. The minimum absolute atomic E-state index is 0.139. The van der Waals surface area contributed by atoms with E-state index in [0.717, 1.165) is 5.56 Å². The molecule has 0 saturated heterocycles. The van der Waals surface area contributed by atoms with Crippen LogP contribution in [0.4, 0.5) is 8.78 Å². The van der Waals surface area contributed by atoms with Gasteiger partial charge in [-0.25, -0.2) is 8.78 Å². The fraction of sp³-hybridized carbons (Fsp3) is 0.346. The van der Waals surface area contributed by atoms with E-state index < -0.39 is 35.6 Å². The molecule has 1 fully saturated rings. The highest BCUT2D eigenvalue weighted by atomic mass is 35.5. The van der Waals surface area contributed by atoms with Crippen molar-refractivity contribution in [2.24, 2.45) is 5.92 Å². The average molecular weight is 487 g/mol. The molecule has 0 spiro atoms. The molecule has 2 aliphatic rings. The number of ether oxygens (including phenoxy) is 1. The second kappa shape index (κ2) is 8.27. The number of halogens is 3. The van der Waals surface area contributed by atoms with Gasteiger partial charge >= 0.3 is 0 Å². The minimum Gasteiger partial charge on any atom is -0.476 e. The normalized spacial score (nSPS) is 29.9. The quantitative estimate of drug-likeness (QED) is 0.556. The zero-order chi connectivity index (χ0) is 24.3. The van der Waals surface area contributed by atoms with Crippen molar-refractivity contribution in [3.05, 3.63) is 94.3 Å². The van der Waals surface area contributed by atoms with Gasteiger partial charge in [0.15, 0.2) is 11.2 Å². The second-order valence-electron chi connectivity index (χ2n) is 9.29. The topological polar surface area (TPSA) is 65.8 Å². The number of aromatic nitrogens is 1. The Morgan fingerprint density at radius 3 is 2.41 bits per heavy atom. The van der Waals surface area contributed by atoms with Crippen molar-refractivity contribution in [3.8, 4) is 5.75 Å². The molecule has 2 aromatic carbocycles. The van der Waals surface area contributed by atoms with Gasteiger partial charge in [0.2, 0.25) is 0 Å². The molecule has 2 heterocycles. The lowest BCUT2D eigenvalue weighted by atomic mass is 9.71. The van der Waals surface area contributed by atoms with Crippen LogP contribution in [-0.4, -0.2) is 46.8 Å². The van der Waals surface area contributed by atoms with Gasteiger partial charge in [0.1, 0.15) is 11.4 Å². The first-order chi connectivity index (χ1) is 16.2. The third kappa shape index (κ3) is 3.18. The number of rotatable bonds is 5. The number of pyridine rings is 1. The van der Waals surface area contributed by atoms with E-state index in [-0.39, 0.29) is 17.0 Å². The lowest BCUT2D eigenvalue weighted by molar-refractivity contribution is -0.153. The minimum atomic E-state index is -2.63. The number of hydrogen-bond acceptors (Lipinski definition) is 5. The molecule has 5 rings (SSSR count). The van der Waals surface area contributed by atoms with Crippen molar-refractivity contribution in [1.29, 1.82) is 0 Å². The lowest BCUT2D eigenvalue weighted by Gasteiger charge is -2.40. The molecule has 178 valence electrons. The maximum absolute atomic E-state index is 13.3. The third-order valence-electron chi connectivity index (χ3n) is 7.04. The predicted molar refractivity (Wildman–Crippen MR) is 124 cm³/mol. The standard InChI is InChI=1S/C26H25ClF2N2O3/c1-31(2)14-19-21(15-6-4-3-5-7-15)26(17-10-8-16(9-11-17)24(28)29)25(33,23(19)32)22-20(34-26)12-18(27)13-30-22/h3-13,19,21,23-24,32-33H,14H2,1-2H3. The van der Waals surface area contributed by atoms with E-state index in [0.29, 0.717) is 17.1 Å². The molecular weight excluding hydrogens is 462 g/mol. The van der Waals surface area contributed by atoms with Gasteiger partial charge in [-0.15, -0.1) is 0 Å². The van der Waals surface area contributed by atoms with Crippen LogP contribution in [0, 0.1) is 5.92 Å². The number of benzene rings is 2. The Morgan fingerprint density at radius 2 is 1.79 bits per heavy atom. The van der Waals surface area contributed by atoms with Gasteiger partial charge in [-0.3, -0.25) is 4.98 Å². The van der Waals surface area contributed by atoms with E-state index in [1.807, 2.05) is 49.3 Å². The smallest absolute Gasteiger partial charge is 0.263 e. The molecule has 5 atom stereocenters. The highest BCUT2D eigenvalue weighted by molar-refractivity contribution is 6.30. The molecule has 3 aromatic rings. The van der Waals surface area contributed by atoms with Gasteiger partial charge in [-0.2, -0.15) is 0 Å². The summed E-state index contributed by atoms with van der Waals surface area (Å²) in [6, 6.07) is 16.8. The first-order valence-corrected chi connectivity index (χ1v) is 11.4. The third-order valence-corrected chi connectivity index (χ3v) is 7.25. The van der Waals surface area contributed by atoms with Gasteiger partial charge in [-0.05, 0) is 25.2 Å². The van der Waals surface area contributed by atoms with Gasteiger partial charge in [0.25, 0.3) is 6.43 Å². The molecular formula is C26H25ClF2N2O3.